The van der Waals surface area contributed by atoms with E-state index in [1.807, 2.05) is 6.08 Å². The quantitative estimate of drug-likeness (QED) is 0.0172. The number of carbonyl (C=O) groups excluding carboxylic acids is 1. The van der Waals surface area contributed by atoms with E-state index in [1.165, 1.54) is 193 Å². The van der Waals surface area contributed by atoms with Gasteiger partial charge in [0.1, 0.15) is 30.5 Å². The lowest BCUT2D eigenvalue weighted by Gasteiger charge is -2.41. The first-order valence-corrected chi connectivity index (χ1v) is 29.5. The second kappa shape index (κ2) is 44.5. The van der Waals surface area contributed by atoms with Crippen LogP contribution in [-0.4, -0.2) is 107 Å². The van der Waals surface area contributed by atoms with Gasteiger partial charge >= 0.3 is 10.4 Å². The lowest BCUT2D eigenvalue weighted by molar-refractivity contribution is -0.298. The zero-order valence-corrected chi connectivity index (χ0v) is 44.1. The molecule has 0 aromatic heterocycles. The van der Waals surface area contributed by atoms with E-state index in [-0.39, 0.29) is 6.42 Å². The van der Waals surface area contributed by atoms with Crippen molar-refractivity contribution in [2.75, 3.05) is 13.2 Å². The number of hydrogen-bond donors (Lipinski definition) is 7. The third kappa shape index (κ3) is 35.8. The minimum absolute atomic E-state index is 0.249. The van der Waals surface area contributed by atoms with Gasteiger partial charge in [0, 0.05) is 0 Å². The molecule has 13 nitrogen and oxygen atoms in total. The lowest BCUT2D eigenvalue weighted by atomic mass is 9.99. The number of allylic oxidation sites excluding steroid dienone is 1. The number of ether oxygens (including phenoxy) is 2. The molecule has 1 amide bonds. The Morgan fingerprint density at radius 3 is 1.32 bits per heavy atom. The van der Waals surface area contributed by atoms with Crippen LogP contribution >= 0.6 is 0 Å². The fourth-order valence-corrected chi connectivity index (χ4v) is 9.74. The van der Waals surface area contributed by atoms with E-state index in [0.717, 1.165) is 38.5 Å². The highest BCUT2D eigenvalue weighted by Crippen LogP contribution is 2.26. The van der Waals surface area contributed by atoms with E-state index >= 15 is 0 Å². The molecule has 1 aliphatic heterocycles. The average Bonchev–Trinajstić information content (AvgIpc) is 3.31. The number of carbonyl (C=O) groups is 1. The molecule has 1 rings (SSSR count). The van der Waals surface area contributed by atoms with Crippen LogP contribution in [0, 0.1) is 0 Å². The summed E-state index contributed by atoms with van der Waals surface area (Å²) in [6.07, 6.45) is 40.0. The Bertz CT molecular complexity index is 1270. The third-order valence-electron chi connectivity index (χ3n) is 13.7. The van der Waals surface area contributed by atoms with Crippen molar-refractivity contribution in [3.8, 4) is 0 Å². The smallest absolute Gasteiger partial charge is 0.394 e. The Hall–Kier alpha value is -1.20. The summed E-state index contributed by atoms with van der Waals surface area (Å²) in [5.41, 5.74) is 0. The van der Waals surface area contributed by atoms with Gasteiger partial charge in [-0.25, -0.2) is 4.18 Å². The molecule has 0 aromatic rings. The maximum absolute atomic E-state index is 13.2. The van der Waals surface area contributed by atoms with Crippen LogP contribution in [0.4, 0.5) is 0 Å². The maximum Gasteiger partial charge on any atom is 0.397 e. The Labute approximate surface area is 415 Å². The van der Waals surface area contributed by atoms with Gasteiger partial charge in [-0.2, -0.15) is 8.42 Å². The predicted molar refractivity (Wildman–Crippen MR) is 275 cm³/mol. The second-order valence-electron chi connectivity index (χ2n) is 20.0. The number of aliphatic hydroxyl groups is 5. The van der Waals surface area contributed by atoms with Gasteiger partial charge in [0.05, 0.1) is 25.4 Å². The molecule has 0 aromatic carbocycles. The van der Waals surface area contributed by atoms with Gasteiger partial charge in [-0.1, -0.05) is 257 Å². The van der Waals surface area contributed by atoms with Crippen molar-refractivity contribution in [1.29, 1.82) is 0 Å². The first-order chi connectivity index (χ1) is 32.9. The number of rotatable bonds is 49. The molecule has 1 saturated heterocycles. The summed E-state index contributed by atoms with van der Waals surface area (Å²) in [6, 6.07) is -1.12. The van der Waals surface area contributed by atoms with Crippen molar-refractivity contribution < 1.29 is 57.0 Å². The fourth-order valence-electron chi connectivity index (χ4n) is 9.23. The summed E-state index contributed by atoms with van der Waals surface area (Å²) in [6.45, 7) is 3.27. The number of nitrogens with one attached hydrogen (secondary N) is 1. The van der Waals surface area contributed by atoms with E-state index in [4.69, 9.17) is 9.47 Å². The van der Waals surface area contributed by atoms with Gasteiger partial charge in [-0.05, 0) is 19.3 Å². The van der Waals surface area contributed by atoms with E-state index in [9.17, 15) is 43.3 Å². The zero-order chi connectivity index (χ0) is 49.9. The molecule has 0 spiro atoms. The molecule has 1 aliphatic rings. The van der Waals surface area contributed by atoms with Crippen molar-refractivity contribution in [2.24, 2.45) is 0 Å². The molecule has 1 heterocycles. The lowest BCUT2D eigenvalue weighted by Crippen LogP contribution is -2.61. The van der Waals surface area contributed by atoms with Crippen molar-refractivity contribution in [3.63, 3.8) is 0 Å². The van der Waals surface area contributed by atoms with Crippen LogP contribution in [0.5, 0.6) is 0 Å². The van der Waals surface area contributed by atoms with Crippen LogP contribution in [-0.2, 0) is 28.9 Å². The molecule has 7 N–H and O–H groups in total. The molecule has 0 bridgehead atoms. The van der Waals surface area contributed by atoms with Crippen molar-refractivity contribution in [3.05, 3.63) is 12.2 Å². The number of unbranched alkanes of at least 4 members (excludes halogenated alkanes) is 36. The summed E-state index contributed by atoms with van der Waals surface area (Å²) in [5.74, 6) is -0.696. The van der Waals surface area contributed by atoms with Crippen LogP contribution in [0.25, 0.3) is 0 Å². The third-order valence-corrected chi connectivity index (χ3v) is 14.1. The molecule has 404 valence electrons. The van der Waals surface area contributed by atoms with E-state index in [1.54, 1.807) is 6.08 Å². The van der Waals surface area contributed by atoms with Gasteiger partial charge in [0.2, 0.25) is 5.91 Å². The summed E-state index contributed by atoms with van der Waals surface area (Å²) in [4.78, 5) is 13.2. The largest absolute Gasteiger partial charge is 0.397 e. The highest BCUT2D eigenvalue weighted by Gasteiger charge is 2.48. The maximum atomic E-state index is 13.2. The molecular formula is C54H105NO12S. The molecule has 0 aliphatic carbocycles. The predicted octanol–water partition coefficient (Wildman–Crippen LogP) is 11.6. The Kier molecular flexibility index (Phi) is 42.4. The highest BCUT2D eigenvalue weighted by atomic mass is 32.3. The molecular weight excluding hydrogens is 887 g/mol. The highest BCUT2D eigenvalue weighted by molar-refractivity contribution is 7.80. The molecule has 8 atom stereocenters. The first-order valence-electron chi connectivity index (χ1n) is 28.2. The average molecular weight is 992 g/mol. The number of amides is 1. The molecule has 1 fully saturated rings. The van der Waals surface area contributed by atoms with Crippen LogP contribution in [0.15, 0.2) is 12.2 Å². The Balaban J connectivity index is 2.43. The van der Waals surface area contributed by atoms with E-state index in [0.29, 0.717) is 12.8 Å². The summed E-state index contributed by atoms with van der Waals surface area (Å²) >= 11 is 0. The minimum Gasteiger partial charge on any atom is -0.394 e. The summed E-state index contributed by atoms with van der Waals surface area (Å²) in [5, 5.41) is 55.5. The van der Waals surface area contributed by atoms with Crippen molar-refractivity contribution in [2.45, 2.75) is 313 Å². The molecule has 0 radical (unpaired) electrons. The SMILES string of the molecule is CCCCCCCCCCCCCCCCC/C=C/C(O)C(COC1OC(CO)C(O)C(OS(=O)(=O)O)C1O)NC(=O)C(O)CCCCCCCCCCCCCCCCCCCCCCCC. The van der Waals surface area contributed by atoms with E-state index in [2.05, 4.69) is 23.3 Å². The molecule has 14 heteroatoms. The van der Waals surface area contributed by atoms with Gasteiger partial charge < -0.3 is 40.3 Å². The van der Waals surface area contributed by atoms with Crippen molar-refractivity contribution >= 4 is 16.3 Å². The normalized spacial score (nSPS) is 20.3. The first kappa shape index (κ1) is 64.8. The molecule has 8 unspecified atom stereocenters. The monoisotopic (exact) mass is 992 g/mol. The van der Waals surface area contributed by atoms with Gasteiger partial charge in [-0.15, -0.1) is 0 Å². The number of hydrogen-bond acceptors (Lipinski definition) is 11. The van der Waals surface area contributed by atoms with Crippen LogP contribution in [0.2, 0.25) is 0 Å². The minimum atomic E-state index is -5.12. The summed E-state index contributed by atoms with van der Waals surface area (Å²) in [7, 11) is -5.12. The Morgan fingerprint density at radius 1 is 0.588 bits per heavy atom. The van der Waals surface area contributed by atoms with Crippen LogP contribution < -0.4 is 5.32 Å². The Morgan fingerprint density at radius 2 is 0.956 bits per heavy atom. The number of aliphatic hydroxyl groups excluding tert-OH is 5. The van der Waals surface area contributed by atoms with E-state index < -0.39 is 78.5 Å². The van der Waals surface area contributed by atoms with Gasteiger partial charge in [0.25, 0.3) is 0 Å². The topological polar surface area (TPSA) is 212 Å². The zero-order valence-electron chi connectivity index (χ0n) is 43.3. The van der Waals surface area contributed by atoms with Crippen LogP contribution in [0.1, 0.15) is 264 Å². The second-order valence-corrected chi connectivity index (χ2v) is 21.1. The standard InChI is InChI=1S/C54H105NO12S/c1-3-5-7-9-11-13-15-17-19-21-22-23-24-25-27-29-31-33-35-37-39-41-43-48(58)53(61)55-46(45-65-54-51(60)52(67-68(62,63)64)50(59)49(44-56)66-54)47(57)42-40-38-36-34-32-30-28-26-20-18-16-14-12-10-8-6-4-2/h40,42,46-52,54,56-60H,3-39,41,43-45H2,1-2H3,(H,55,61)(H,62,63,64)/b42-40+. The van der Waals surface area contributed by atoms with Gasteiger partial charge in [-0.3, -0.25) is 9.35 Å². The fraction of sp³-hybridized carbons (Fsp3) is 0.944. The molecule has 68 heavy (non-hydrogen) atoms. The van der Waals surface area contributed by atoms with Crippen LogP contribution in [0.3, 0.4) is 0 Å². The molecule has 0 saturated carbocycles. The van der Waals surface area contributed by atoms with Crippen molar-refractivity contribution in [1.82, 2.24) is 5.32 Å². The summed E-state index contributed by atoms with van der Waals surface area (Å²) < 4.78 is 47.7. The van der Waals surface area contributed by atoms with Gasteiger partial charge in [0.15, 0.2) is 6.29 Å².